The number of anilines is 1. The van der Waals surface area contributed by atoms with E-state index >= 15 is 0 Å². The Hall–Kier alpha value is -2.94. The molecule has 7 nitrogen and oxygen atoms in total. The maximum Gasteiger partial charge on any atom is 0.267 e. The lowest BCUT2D eigenvalue weighted by Crippen LogP contribution is -2.35. The fourth-order valence-corrected chi connectivity index (χ4v) is 8.58. The van der Waals surface area contributed by atoms with Crippen LogP contribution in [0.3, 0.4) is 0 Å². The van der Waals surface area contributed by atoms with Crippen molar-refractivity contribution in [2.45, 2.75) is 25.9 Å². The zero-order valence-electron chi connectivity index (χ0n) is 27.1. The maximum atomic E-state index is 12.7. The highest BCUT2D eigenvalue weighted by atomic mass is 79.9. The SMILES string of the molecule is Cc1cc(Cl)ccc1NCN1C(=O)C(=Cc2ccc(Br)cc2)SC1=S.O=C1C(=Cc2ccc(-c3ccccc3Cl)o2)SC(=S)N1CC1CCCO1. The second-order valence-corrected chi connectivity index (χ2v) is 16.7. The molecule has 1 N–H and O–H groups in total. The van der Waals surface area contributed by atoms with E-state index in [0.29, 0.717) is 53.2 Å². The number of nitrogens with zero attached hydrogens (tertiary/aromatic N) is 2. The molecular weight excluding hydrogens is 830 g/mol. The minimum absolute atomic E-state index is 0.0762. The number of carbonyl (C=O) groups excluding carboxylic acids is 2. The van der Waals surface area contributed by atoms with Crippen molar-refractivity contribution in [3.05, 3.63) is 120 Å². The van der Waals surface area contributed by atoms with Crippen LogP contribution in [0.5, 0.6) is 0 Å². The quantitative estimate of drug-likeness (QED) is 0.138. The second-order valence-electron chi connectivity index (χ2n) is 11.6. The molecule has 3 fully saturated rings. The molecule has 1 aromatic heterocycles. The first-order chi connectivity index (χ1) is 24.5. The van der Waals surface area contributed by atoms with Gasteiger partial charge in [-0.25, -0.2) is 0 Å². The molecule has 0 aliphatic carbocycles. The number of thiocarbonyl (C=S) groups is 2. The molecule has 14 heteroatoms. The maximum absolute atomic E-state index is 12.7. The van der Waals surface area contributed by atoms with E-state index in [0.717, 1.165) is 46.3 Å². The Bertz CT molecular complexity index is 2050. The first-order valence-corrected chi connectivity index (χ1v) is 19.8. The summed E-state index contributed by atoms with van der Waals surface area (Å²) >= 11 is 28.9. The average Bonchev–Trinajstić information content (AvgIpc) is 3.90. The van der Waals surface area contributed by atoms with Crippen LogP contribution >= 0.6 is 87.1 Å². The Morgan fingerprint density at radius 2 is 1.63 bits per heavy atom. The number of aryl methyl sites for hydroxylation is 1. The van der Waals surface area contributed by atoms with Crippen molar-refractivity contribution in [3.8, 4) is 11.3 Å². The number of ether oxygens (including phenoxy) is 1. The largest absolute Gasteiger partial charge is 0.457 e. The molecule has 0 saturated carbocycles. The topological polar surface area (TPSA) is 75.0 Å². The number of thioether (sulfide) groups is 2. The average molecular weight is 860 g/mol. The van der Waals surface area contributed by atoms with Gasteiger partial charge in [0.2, 0.25) is 0 Å². The van der Waals surface area contributed by atoms with Crippen molar-refractivity contribution in [3.63, 3.8) is 0 Å². The minimum Gasteiger partial charge on any atom is -0.457 e. The number of furan rings is 1. The van der Waals surface area contributed by atoms with Crippen molar-refractivity contribution >= 4 is 125 Å². The third-order valence-corrected chi connectivity index (χ3v) is 11.8. The highest BCUT2D eigenvalue weighted by Crippen LogP contribution is 2.36. The zero-order chi connectivity index (χ0) is 36.1. The van der Waals surface area contributed by atoms with E-state index in [4.69, 9.17) is 56.8 Å². The molecule has 4 heterocycles. The van der Waals surface area contributed by atoms with Crippen LogP contribution in [0.4, 0.5) is 5.69 Å². The Balaban J connectivity index is 0.000000176. The molecule has 0 spiro atoms. The van der Waals surface area contributed by atoms with Gasteiger partial charge in [-0.3, -0.25) is 19.4 Å². The van der Waals surface area contributed by atoms with E-state index in [1.807, 2.05) is 91.9 Å². The number of hydrogen-bond acceptors (Lipinski definition) is 9. The predicted octanol–water partition coefficient (Wildman–Crippen LogP) is 10.7. The van der Waals surface area contributed by atoms with Gasteiger partial charge >= 0.3 is 0 Å². The summed E-state index contributed by atoms with van der Waals surface area (Å²) in [6.45, 7) is 3.56. The first-order valence-electron chi connectivity index (χ1n) is 15.8. The number of carbonyl (C=O) groups is 2. The lowest BCUT2D eigenvalue weighted by atomic mass is 10.2. The van der Waals surface area contributed by atoms with Crippen LogP contribution in [0.25, 0.3) is 23.5 Å². The Morgan fingerprint density at radius 1 is 0.922 bits per heavy atom. The highest BCUT2D eigenvalue weighted by molar-refractivity contribution is 9.10. The number of halogens is 3. The third-order valence-electron chi connectivity index (χ3n) is 7.98. The fraction of sp³-hybridized carbons (Fsp3) is 0.189. The molecule has 1 atom stereocenters. The van der Waals surface area contributed by atoms with Crippen molar-refractivity contribution in [2.24, 2.45) is 0 Å². The van der Waals surface area contributed by atoms with Gasteiger partial charge in [-0.05, 0) is 91.6 Å². The fourth-order valence-electron chi connectivity index (χ4n) is 5.35. The molecule has 3 saturated heterocycles. The number of amides is 2. The smallest absolute Gasteiger partial charge is 0.267 e. The lowest BCUT2D eigenvalue weighted by molar-refractivity contribution is -0.123. The van der Waals surface area contributed by atoms with Gasteiger partial charge < -0.3 is 14.5 Å². The summed E-state index contributed by atoms with van der Waals surface area (Å²) < 4.78 is 13.6. The van der Waals surface area contributed by atoms with Gasteiger partial charge in [-0.2, -0.15) is 0 Å². The lowest BCUT2D eigenvalue weighted by Gasteiger charge is -2.18. The van der Waals surface area contributed by atoms with E-state index < -0.39 is 0 Å². The van der Waals surface area contributed by atoms with E-state index in [9.17, 15) is 9.59 Å². The van der Waals surface area contributed by atoms with Crippen LogP contribution in [0.15, 0.2) is 97.6 Å². The summed E-state index contributed by atoms with van der Waals surface area (Å²) in [6, 6.07) is 24.5. The van der Waals surface area contributed by atoms with Gasteiger partial charge in [0, 0.05) is 33.4 Å². The molecule has 0 radical (unpaired) electrons. The number of nitrogens with one attached hydrogen (secondary N) is 1. The first kappa shape index (κ1) is 37.8. The molecule has 3 aromatic carbocycles. The molecule has 7 rings (SSSR count). The molecule has 3 aliphatic rings. The predicted molar refractivity (Wildman–Crippen MR) is 222 cm³/mol. The van der Waals surface area contributed by atoms with Crippen LogP contribution in [0.2, 0.25) is 10.0 Å². The third kappa shape index (κ3) is 9.54. The summed E-state index contributed by atoms with van der Waals surface area (Å²) in [5, 5.41) is 4.55. The number of hydrogen-bond donors (Lipinski definition) is 1. The number of rotatable bonds is 8. The van der Waals surface area contributed by atoms with Gasteiger partial charge in [0.15, 0.2) is 0 Å². The Kier molecular flexibility index (Phi) is 12.8. The van der Waals surface area contributed by atoms with E-state index in [-0.39, 0.29) is 17.9 Å². The van der Waals surface area contributed by atoms with Crippen molar-refractivity contribution in [1.29, 1.82) is 0 Å². The molecule has 0 bridgehead atoms. The van der Waals surface area contributed by atoms with E-state index in [1.165, 1.54) is 23.5 Å². The van der Waals surface area contributed by atoms with Crippen LogP contribution < -0.4 is 5.32 Å². The van der Waals surface area contributed by atoms with E-state index in [2.05, 4.69) is 21.2 Å². The van der Waals surface area contributed by atoms with Gasteiger partial charge in [-0.1, -0.05) is 111 Å². The molecule has 2 amide bonds. The van der Waals surface area contributed by atoms with Crippen molar-refractivity contribution in [1.82, 2.24) is 9.80 Å². The minimum atomic E-state index is -0.0915. The normalized spacial score (nSPS) is 19.0. The van der Waals surface area contributed by atoms with Gasteiger partial charge in [0.1, 0.15) is 20.2 Å². The zero-order valence-corrected chi connectivity index (χ0v) is 33.4. The molecule has 3 aliphatic heterocycles. The van der Waals surface area contributed by atoms with Gasteiger partial charge in [0.05, 0.1) is 34.2 Å². The molecule has 51 heavy (non-hydrogen) atoms. The summed E-state index contributed by atoms with van der Waals surface area (Å²) in [5.41, 5.74) is 3.73. The standard InChI is InChI=1S/C19H16ClNO3S2.C18H14BrClN2OS2/c20-15-6-2-1-5-14(15)16-8-7-12(24-16)10-17-18(22)21(19(25)26-17)11-13-4-3-9-23-13;1-11-8-14(20)6-7-15(11)21-10-22-17(23)16(25-18(22)24)9-12-2-4-13(19)5-3-12/h1-2,5-8,10,13H,3-4,9,11H2;2-9,21H,10H2,1H3. The summed E-state index contributed by atoms with van der Waals surface area (Å²) in [7, 11) is 0. The van der Waals surface area contributed by atoms with Gasteiger partial charge in [0.25, 0.3) is 11.8 Å². The molecule has 4 aromatic rings. The second kappa shape index (κ2) is 17.3. The Labute approximate surface area is 333 Å². The summed E-state index contributed by atoms with van der Waals surface area (Å²) in [5.74, 6) is 1.08. The van der Waals surface area contributed by atoms with Crippen LogP contribution in [0.1, 0.15) is 29.7 Å². The molecule has 262 valence electrons. The van der Waals surface area contributed by atoms with E-state index in [1.54, 1.807) is 15.9 Å². The van der Waals surface area contributed by atoms with Crippen LogP contribution in [-0.4, -0.2) is 56.2 Å². The molecular formula is C37H30BrCl2N3O4S4. The van der Waals surface area contributed by atoms with Crippen LogP contribution in [0, 0.1) is 6.92 Å². The monoisotopic (exact) mass is 857 g/mol. The summed E-state index contributed by atoms with van der Waals surface area (Å²) in [6.07, 6.45) is 5.67. The highest BCUT2D eigenvalue weighted by Gasteiger charge is 2.35. The van der Waals surface area contributed by atoms with Crippen molar-refractivity contribution < 1.29 is 18.7 Å². The molecule has 1 unspecified atom stereocenters. The van der Waals surface area contributed by atoms with Gasteiger partial charge in [-0.15, -0.1) is 0 Å². The summed E-state index contributed by atoms with van der Waals surface area (Å²) in [4.78, 5) is 29.7. The Morgan fingerprint density at radius 3 is 2.33 bits per heavy atom. The number of benzene rings is 3. The van der Waals surface area contributed by atoms with Crippen LogP contribution in [-0.2, 0) is 14.3 Å². The van der Waals surface area contributed by atoms with Crippen molar-refractivity contribution in [2.75, 3.05) is 25.1 Å².